The lowest BCUT2D eigenvalue weighted by atomic mass is 9.66. The van der Waals surface area contributed by atoms with Crippen LogP contribution in [-0.2, 0) is 14.3 Å². The third-order valence-corrected chi connectivity index (χ3v) is 6.31. The first kappa shape index (κ1) is 12.1. The maximum absolute atomic E-state index is 13.0. The van der Waals surface area contributed by atoms with Crippen molar-refractivity contribution in [3.63, 3.8) is 0 Å². The van der Waals surface area contributed by atoms with Crippen LogP contribution in [0, 0.1) is 22.7 Å². The van der Waals surface area contributed by atoms with E-state index in [1.54, 1.807) is 0 Å². The highest BCUT2D eigenvalue weighted by Crippen LogP contribution is 2.81. The van der Waals surface area contributed by atoms with Crippen LogP contribution in [-0.4, -0.2) is 11.6 Å². The first-order chi connectivity index (χ1) is 9.99. The molecular formula is C18H18O3. The van der Waals surface area contributed by atoms with Gasteiger partial charge in [0.1, 0.15) is 5.78 Å². The van der Waals surface area contributed by atoms with Crippen LogP contribution >= 0.6 is 0 Å². The Morgan fingerprint density at radius 2 is 1.62 bits per heavy atom. The molecule has 4 aliphatic rings. The second-order valence-electron chi connectivity index (χ2n) is 7.66. The van der Waals surface area contributed by atoms with Gasteiger partial charge in [-0.3, -0.25) is 9.59 Å². The number of hydrogen-bond acceptors (Lipinski definition) is 3. The molecule has 5 atom stereocenters. The van der Waals surface area contributed by atoms with Crippen molar-refractivity contribution in [1.29, 1.82) is 0 Å². The molecule has 1 spiro atoms. The average Bonchev–Trinajstić information content (AvgIpc) is 2.82. The van der Waals surface area contributed by atoms with Crippen LogP contribution < -0.4 is 0 Å². The molecule has 3 fully saturated rings. The fraction of sp³-hybridized carbons (Fsp3) is 0.556. The summed E-state index contributed by atoms with van der Waals surface area (Å²) >= 11 is 0. The van der Waals surface area contributed by atoms with Gasteiger partial charge in [-0.1, -0.05) is 38.1 Å². The lowest BCUT2D eigenvalue weighted by Crippen LogP contribution is -2.45. The fourth-order valence-electron chi connectivity index (χ4n) is 5.29. The topological polar surface area (TPSA) is 43.4 Å². The third-order valence-electron chi connectivity index (χ3n) is 6.31. The molecule has 2 bridgehead atoms. The molecule has 1 saturated heterocycles. The minimum Gasteiger partial charge on any atom is -0.365 e. The normalized spacial score (nSPS) is 44.9. The second-order valence-corrected chi connectivity index (χ2v) is 7.66. The quantitative estimate of drug-likeness (QED) is 0.687. The van der Waals surface area contributed by atoms with Crippen molar-refractivity contribution in [2.45, 2.75) is 38.9 Å². The standard InChI is InChI=1S/C18H18O3/c1-17(2)8-7-11(19)18(16(17)20)12-13(18)15-10-6-4-3-5-9(10)14(12)21-15/h3-6,12-15H,7-8H2,1-2H3/t12-,13+,14+,15-,18?. The van der Waals surface area contributed by atoms with Gasteiger partial charge < -0.3 is 4.74 Å². The maximum atomic E-state index is 13.0. The highest BCUT2D eigenvalue weighted by atomic mass is 16.5. The van der Waals surface area contributed by atoms with Crippen LogP contribution in [0.5, 0.6) is 0 Å². The van der Waals surface area contributed by atoms with E-state index in [1.807, 2.05) is 26.0 Å². The number of ketones is 2. The smallest absolute Gasteiger partial charge is 0.152 e. The van der Waals surface area contributed by atoms with Crippen molar-refractivity contribution in [3.8, 4) is 0 Å². The summed E-state index contributed by atoms with van der Waals surface area (Å²) in [6, 6.07) is 8.21. The monoisotopic (exact) mass is 282 g/mol. The SMILES string of the molecule is CC1(C)CCC(=O)C2(C1=O)[C@@H]1[C@H]2[C@@H]2O[C@H]1c1ccccc12. The van der Waals surface area contributed by atoms with Crippen molar-refractivity contribution in [3.05, 3.63) is 35.4 Å². The highest BCUT2D eigenvalue weighted by molar-refractivity contribution is 6.15. The zero-order valence-electron chi connectivity index (χ0n) is 12.3. The first-order valence-corrected chi connectivity index (χ1v) is 7.82. The van der Waals surface area contributed by atoms with Crippen LogP contribution in [0.1, 0.15) is 50.0 Å². The Labute approximate surface area is 123 Å². The molecule has 3 nitrogen and oxygen atoms in total. The lowest BCUT2D eigenvalue weighted by Gasteiger charge is -2.35. The molecule has 3 heteroatoms. The summed E-state index contributed by atoms with van der Waals surface area (Å²) in [5.74, 6) is 0.536. The summed E-state index contributed by atoms with van der Waals surface area (Å²) in [7, 11) is 0. The van der Waals surface area contributed by atoms with Crippen LogP contribution in [0.4, 0.5) is 0 Å². The summed E-state index contributed by atoms with van der Waals surface area (Å²) < 4.78 is 6.09. The predicted molar refractivity (Wildman–Crippen MR) is 75.5 cm³/mol. The molecule has 1 aromatic carbocycles. The Hall–Kier alpha value is -1.48. The fourth-order valence-corrected chi connectivity index (χ4v) is 5.29. The molecule has 0 aromatic heterocycles. The van der Waals surface area contributed by atoms with Crippen LogP contribution in [0.15, 0.2) is 24.3 Å². The molecule has 108 valence electrons. The molecule has 2 heterocycles. The molecule has 0 radical (unpaired) electrons. The van der Waals surface area contributed by atoms with Gasteiger partial charge in [-0.25, -0.2) is 0 Å². The molecular weight excluding hydrogens is 264 g/mol. The Balaban J connectivity index is 1.64. The first-order valence-electron chi connectivity index (χ1n) is 7.82. The summed E-state index contributed by atoms with van der Waals surface area (Å²) in [6.45, 7) is 3.99. The molecule has 2 aliphatic carbocycles. The zero-order valence-corrected chi connectivity index (χ0v) is 12.3. The molecule has 2 saturated carbocycles. The second kappa shape index (κ2) is 3.30. The summed E-state index contributed by atoms with van der Waals surface area (Å²) in [6.07, 6.45) is 1.15. The number of rotatable bonds is 0. The summed E-state index contributed by atoms with van der Waals surface area (Å²) in [4.78, 5) is 25.7. The van der Waals surface area contributed by atoms with E-state index < -0.39 is 5.41 Å². The number of hydrogen-bond donors (Lipinski definition) is 0. The van der Waals surface area contributed by atoms with E-state index in [2.05, 4.69) is 12.1 Å². The Morgan fingerprint density at radius 3 is 2.19 bits per heavy atom. The van der Waals surface area contributed by atoms with Crippen molar-refractivity contribution < 1.29 is 14.3 Å². The van der Waals surface area contributed by atoms with Crippen LogP contribution in [0.3, 0.4) is 0 Å². The van der Waals surface area contributed by atoms with E-state index in [0.29, 0.717) is 12.8 Å². The van der Waals surface area contributed by atoms with Crippen molar-refractivity contribution in [2.24, 2.45) is 22.7 Å². The highest BCUT2D eigenvalue weighted by Gasteiger charge is 2.84. The van der Waals surface area contributed by atoms with Gasteiger partial charge in [0.25, 0.3) is 0 Å². The van der Waals surface area contributed by atoms with Gasteiger partial charge in [0.05, 0.1) is 17.6 Å². The van der Waals surface area contributed by atoms with E-state index >= 15 is 0 Å². The summed E-state index contributed by atoms with van der Waals surface area (Å²) in [5.41, 5.74) is 1.30. The minimum absolute atomic E-state index is 0.0435. The largest absolute Gasteiger partial charge is 0.365 e. The minimum atomic E-state index is -0.728. The molecule has 1 aromatic rings. The summed E-state index contributed by atoms with van der Waals surface area (Å²) in [5, 5.41) is 0. The zero-order chi connectivity index (χ0) is 14.6. The van der Waals surface area contributed by atoms with E-state index in [1.165, 1.54) is 11.1 Å². The number of carbonyl (C=O) groups excluding carboxylic acids is 2. The van der Waals surface area contributed by atoms with E-state index in [-0.39, 0.29) is 41.0 Å². The third kappa shape index (κ3) is 1.11. The van der Waals surface area contributed by atoms with Gasteiger partial charge in [0.2, 0.25) is 0 Å². The number of fused-ring (bicyclic) bond motifs is 10. The van der Waals surface area contributed by atoms with Crippen LogP contribution in [0.25, 0.3) is 0 Å². The average molecular weight is 282 g/mol. The Morgan fingerprint density at radius 1 is 1.05 bits per heavy atom. The van der Waals surface area contributed by atoms with Gasteiger partial charge >= 0.3 is 0 Å². The van der Waals surface area contributed by atoms with Gasteiger partial charge in [-0.15, -0.1) is 0 Å². The van der Waals surface area contributed by atoms with Gasteiger partial charge in [0, 0.05) is 23.7 Å². The van der Waals surface area contributed by atoms with Gasteiger partial charge in [-0.2, -0.15) is 0 Å². The molecule has 1 unspecified atom stereocenters. The van der Waals surface area contributed by atoms with Crippen molar-refractivity contribution in [2.75, 3.05) is 0 Å². The lowest BCUT2D eigenvalue weighted by molar-refractivity contribution is -0.150. The molecule has 5 rings (SSSR count). The number of ether oxygens (including phenoxy) is 1. The maximum Gasteiger partial charge on any atom is 0.152 e. The number of carbonyl (C=O) groups is 2. The molecule has 21 heavy (non-hydrogen) atoms. The van der Waals surface area contributed by atoms with Gasteiger partial charge in [-0.05, 0) is 17.5 Å². The molecule has 0 N–H and O–H groups in total. The van der Waals surface area contributed by atoms with E-state index in [4.69, 9.17) is 4.74 Å². The Bertz CT molecular complexity index is 667. The van der Waals surface area contributed by atoms with E-state index in [0.717, 1.165) is 0 Å². The number of benzene rings is 1. The van der Waals surface area contributed by atoms with Gasteiger partial charge in [0.15, 0.2) is 5.78 Å². The van der Waals surface area contributed by atoms with Crippen LogP contribution in [0.2, 0.25) is 0 Å². The van der Waals surface area contributed by atoms with E-state index in [9.17, 15) is 9.59 Å². The van der Waals surface area contributed by atoms with Crippen molar-refractivity contribution in [1.82, 2.24) is 0 Å². The predicted octanol–water partition coefficient (Wildman–Crippen LogP) is 3.00. The molecule has 2 aliphatic heterocycles. The van der Waals surface area contributed by atoms with Crippen molar-refractivity contribution >= 4 is 11.6 Å². The number of Topliss-reactive ketones (excluding diaryl/α,β-unsaturated/α-hetero) is 2. The molecule has 0 amide bonds. The Kier molecular flexibility index (Phi) is 1.90.